The van der Waals surface area contributed by atoms with Crippen molar-refractivity contribution < 1.29 is 14.4 Å². The normalized spacial score (nSPS) is 44.7. The maximum absolute atomic E-state index is 11.6. The lowest BCUT2D eigenvalue weighted by Crippen LogP contribution is -2.43. The van der Waals surface area contributed by atoms with Crippen LogP contribution in [0.25, 0.3) is 0 Å². The van der Waals surface area contributed by atoms with Crippen LogP contribution in [0.5, 0.6) is 0 Å². The average molecular weight is 190 g/mol. The zero-order valence-corrected chi connectivity index (χ0v) is 7.60. The van der Waals surface area contributed by atoms with Gasteiger partial charge in [-0.1, -0.05) is 12.2 Å². The maximum Gasteiger partial charge on any atom is 0.264 e. The van der Waals surface area contributed by atoms with Gasteiger partial charge in [0.15, 0.2) is 0 Å². The zero-order valence-electron chi connectivity index (χ0n) is 7.60. The fraction of sp³-hybridized carbons (Fsp3) is 0.545. The molecule has 0 aliphatic heterocycles. The van der Waals surface area contributed by atoms with Crippen LogP contribution in [-0.4, -0.2) is 17.3 Å². The molecule has 4 unspecified atom stereocenters. The van der Waals surface area contributed by atoms with E-state index < -0.39 is 17.3 Å². The number of fused-ring (bicyclic) bond motifs is 5. The van der Waals surface area contributed by atoms with E-state index in [0.29, 0.717) is 12.3 Å². The third-order valence-corrected chi connectivity index (χ3v) is 3.82. The lowest BCUT2D eigenvalue weighted by atomic mass is 9.72. The van der Waals surface area contributed by atoms with Crippen LogP contribution in [0.3, 0.4) is 0 Å². The highest BCUT2D eigenvalue weighted by Crippen LogP contribution is 2.51. The molecule has 0 aromatic heterocycles. The summed E-state index contributed by atoms with van der Waals surface area (Å²) in [4.78, 5) is 34.1. The minimum absolute atomic E-state index is 0.127. The molecule has 3 nitrogen and oxygen atoms in total. The Morgan fingerprint density at radius 3 is 2.57 bits per heavy atom. The summed E-state index contributed by atoms with van der Waals surface area (Å²) < 4.78 is 0. The number of carbonyl (C=O) groups is 3. The topological polar surface area (TPSA) is 51.2 Å². The molecule has 0 heterocycles. The summed E-state index contributed by atoms with van der Waals surface area (Å²) in [5.74, 6) is -1.11. The fourth-order valence-electron chi connectivity index (χ4n) is 3.19. The van der Waals surface area contributed by atoms with Gasteiger partial charge in [-0.2, -0.15) is 0 Å². The van der Waals surface area contributed by atoms with E-state index in [0.717, 1.165) is 6.42 Å². The second-order valence-corrected chi connectivity index (χ2v) is 4.46. The average Bonchev–Trinajstić information content (AvgIpc) is 2.74. The van der Waals surface area contributed by atoms with E-state index >= 15 is 0 Å². The van der Waals surface area contributed by atoms with Crippen molar-refractivity contribution in [3.8, 4) is 0 Å². The van der Waals surface area contributed by atoms with Gasteiger partial charge in [-0.05, 0) is 24.2 Å². The summed E-state index contributed by atoms with van der Waals surface area (Å²) in [5, 5.41) is 0. The van der Waals surface area contributed by atoms with Crippen LogP contribution in [0.2, 0.25) is 0 Å². The first-order valence-corrected chi connectivity index (χ1v) is 4.98. The number of hydrogen-bond donors (Lipinski definition) is 0. The highest BCUT2D eigenvalue weighted by atomic mass is 16.2. The smallest absolute Gasteiger partial charge is 0.264 e. The highest BCUT2D eigenvalue weighted by Gasteiger charge is 2.54. The van der Waals surface area contributed by atoms with E-state index in [1.54, 1.807) is 0 Å². The molecule has 4 atom stereocenters. The minimum atomic E-state index is -0.757. The van der Waals surface area contributed by atoms with E-state index in [9.17, 15) is 14.4 Å². The van der Waals surface area contributed by atoms with Gasteiger partial charge in [0.1, 0.15) is 0 Å². The Bertz CT molecular complexity index is 380. The Balaban J connectivity index is 2.03. The van der Waals surface area contributed by atoms with Crippen molar-refractivity contribution in [2.75, 3.05) is 0 Å². The summed E-state index contributed by atoms with van der Waals surface area (Å²) in [7, 11) is 0. The second kappa shape index (κ2) is 2.41. The molecule has 0 amide bonds. The lowest BCUT2D eigenvalue weighted by molar-refractivity contribution is -0.150. The number of carbonyl (C=O) groups excluding carboxylic acids is 3. The first kappa shape index (κ1) is 8.09. The van der Waals surface area contributed by atoms with Gasteiger partial charge in [0, 0.05) is 12.3 Å². The van der Waals surface area contributed by atoms with Crippen LogP contribution in [0.4, 0.5) is 0 Å². The Kier molecular flexibility index (Phi) is 1.39. The van der Waals surface area contributed by atoms with Crippen molar-refractivity contribution in [1.82, 2.24) is 0 Å². The molecule has 2 saturated carbocycles. The van der Waals surface area contributed by atoms with Crippen molar-refractivity contribution in [3.63, 3.8) is 0 Å². The van der Waals surface area contributed by atoms with Gasteiger partial charge in [0.2, 0.25) is 11.6 Å². The molecular formula is C11H10O3. The standard InChI is InChI=1S/C11H10O3/c12-8-4-7-5-1-2-6(3-5)9(7)11(14)10(8)13/h1-2,5-7,9H,3-4H2. The second-order valence-electron chi connectivity index (χ2n) is 4.46. The Morgan fingerprint density at radius 1 is 1.07 bits per heavy atom. The molecule has 3 aliphatic carbocycles. The van der Waals surface area contributed by atoms with Crippen LogP contribution in [0.1, 0.15) is 12.8 Å². The number of ketones is 3. The van der Waals surface area contributed by atoms with Crippen molar-refractivity contribution >= 4 is 17.3 Å². The van der Waals surface area contributed by atoms with Crippen LogP contribution in [0.15, 0.2) is 12.2 Å². The monoisotopic (exact) mass is 190 g/mol. The van der Waals surface area contributed by atoms with Crippen LogP contribution >= 0.6 is 0 Å². The highest BCUT2D eigenvalue weighted by molar-refractivity contribution is 6.65. The van der Waals surface area contributed by atoms with Crippen molar-refractivity contribution in [2.45, 2.75) is 12.8 Å². The van der Waals surface area contributed by atoms with Gasteiger partial charge < -0.3 is 0 Å². The van der Waals surface area contributed by atoms with E-state index in [1.807, 2.05) is 6.08 Å². The molecule has 14 heavy (non-hydrogen) atoms. The Morgan fingerprint density at radius 2 is 1.79 bits per heavy atom. The van der Waals surface area contributed by atoms with Crippen LogP contribution < -0.4 is 0 Å². The van der Waals surface area contributed by atoms with Crippen molar-refractivity contribution in [2.24, 2.45) is 23.7 Å². The van der Waals surface area contributed by atoms with Crippen molar-refractivity contribution in [3.05, 3.63) is 12.2 Å². The Labute approximate surface area is 81.2 Å². The molecule has 3 rings (SSSR count). The summed E-state index contributed by atoms with van der Waals surface area (Å²) in [6, 6.07) is 0. The molecule has 0 spiro atoms. The van der Waals surface area contributed by atoms with Gasteiger partial charge in [-0.3, -0.25) is 14.4 Å². The van der Waals surface area contributed by atoms with Crippen LogP contribution in [-0.2, 0) is 14.4 Å². The molecule has 0 aromatic carbocycles. The quantitative estimate of drug-likeness (QED) is 0.413. The summed E-state index contributed by atoms with van der Waals surface area (Å²) in [5.41, 5.74) is 0. The lowest BCUT2D eigenvalue weighted by Gasteiger charge is -2.29. The van der Waals surface area contributed by atoms with Gasteiger partial charge in [0.25, 0.3) is 5.78 Å². The van der Waals surface area contributed by atoms with Gasteiger partial charge in [-0.15, -0.1) is 0 Å². The third kappa shape index (κ3) is 0.800. The zero-order chi connectivity index (χ0) is 9.87. The summed E-state index contributed by atoms with van der Waals surface area (Å²) >= 11 is 0. The molecule has 2 bridgehead atoms. The fourth-order valence-corrected chi connectivity index (χ4v) is 3.19. The largest absolute Gasteiger partial charge is 0.290 e. The molecule has 0 aromatic rings. The molecular weight excluding hydrogens is 180 g/mol. The number of rotatable bonds is 0. The van der Waals surface area contributed by atoms with E-state index in [1.165, 1.54) is 0 Å². The van der Waals surface area contributed by atoms with Crippen molar-refractivity contribution in [1.29, 1.82) is 0 Å². The number of allylic oxidation sites excluding steroid dienone is 2. The first-order valence-electron chi connectivity index (χ1n) is 4.98. The maximum atomic E-state index is 11.6. The van der Waals surface area contributed by atoms with E-state index in [4.69, 9.17) is 0 Å². The van der Waals surface area contributed by atoms with E-state index in [-0.39, 0.29) is 17.8 Å². The molecule has 3 aliphatic rings. The van der Waals surface area contributed by atoms with Gasteiger partial charge in [-0.25, -0.2) is 0 Å². The SMILES string of the molecule is O=C1CC2C3C=CC(C3)C2C(=O)C1=O. The predicted octanol–water partition coefficient (Wildman–Crippen LogP) is 0.536. The minimum Gasteiger partial charge on any atom is -0.290 e. The molecule has 2 fully saturated rings. The molecule has 0 radical (unpaired) electrons. The summed E-state index contributed by atoms with van der Waals surface area (Å²) in [6.45, 7) is 0. The molecule has 72 valence electrons. The van der Waals surface area contributed by atoms with Gasteiger partial charge in [0.05, 0.1) is 0 Å². The summed E-state index contributed by atoms with van der Waals surface area (Å²) in [6.07, 6.45) is 5.39. The third-order valence-electron chi connectivity index (χ3n) is 3.82. The van der Waals surface area contributed by atoms with Crippen LogP contribution in [0, 0.1) is 23.7 Å². The molecule has 0 N–H and O–H groups in total. The Hall–Kier alpha value is -1.25. The molecule has 0 saturated heterocycles. The number of hydrogen-bond acceptors (Lipinski definition) is 3. The van der Waals surface area contributed by atoms with E-state index in [2.05, 4.69) is 6.08 Å². The number of Topliss-reactive ketones (excluding diaryl/α,β-unsaturated/α-hetero) is 3. The van der Waals surface area contributed by atoms with Gasteiger partial charge >= 0.3 is 0 Å². The predicted molar refractivity (Wildman–Crippen MR) is 47.4 cm³/mol. The molecule has 3 heteroatoms. The first-order chi connectivity index (χ1) is 6.68.